The van der Waals surface area contributed by atoms with Gasteiger partial charge in [-0.15, -0.1) is 0 Å². The van der Waals surface area contributed by atoms with E-state index >= 15 is 0 Å². The maximum absolute atomic E-state index is 11.9. The second-order valence-electron chi connectivity index (χ2n) is 5.03. The number of nitrogens with one attached hydrogen (secondary N) is 1. The van der Waals surface area contributed by atoms with Crippen molar-refractivity contribution < 1.29 is 19.0 Å². The van der Waals surface area contributed by atoms with Gasteiger partial charge in [0, 0.05) is 6.07 Å². The van der Waals surface area contributed by atoms with Crippen molar-refractivity contribution in [2.75, 3.05) is 32.3 Å². The first kappa shape index (κ1) is 19.6. The van der Waals surface area contributed by atoms with Gasteiger partial charge in [-0.05, 0) is 25.2 Å². The zero-order valence-corrected chi connectivity index (χ0v) is 16.0. The van der Waals surface area contributed by atoms with Crippen molar-refractivity contribution in [3.05, 3.63) is 34.5 Å². The summed E-state index contributed by atoms with van der Waals surface area (Å²) in [6.07, 6.45) is -0.541. The average molecular weight is 406 g/mol. The molecule has 1 N–H and O–H groups in total. The van der Waals surface area contributed by atoms with Crippen LogP contribution in [0.25, 0.3) is 0 Å². The number of hydrogen-bond acceptors (Lipinski definition) is 5. The van der Waals surface area contributed by atoms with E-state index in [0.29, 0.717) is 40.4 Å². The first-order chi connectivity index (χ1) is 11.8. The van der Waals surface area contributed by atoms with Gasteiger partial charge in [-0.3, -0.25) is 0 Å². The molecule has 0 bridgehead atoms. The van der Waals surface area contributed by atoms with Crippen LogP contribution in [0, 0.1) is 0 Å². The Morgan fingerprint density at radius 1 is 1.36 bits per heavy atom. The molecule has 0 aromatic heterocycles. The number of hydrogen-bond donors (Lipinski definition) is 1. The summed E-state index contributed by atoms with van der Waals surface area (Å²) in [5.74, 6) is 0.850. The van der Waals surface area contributed by atoms with Crippen LogP contribution in [0.1, 0.15) is 6.92 Å². The number of nitrogens with zero attached hydrogens (tertiary/aromatic N) is 2. The van der Waals surface area contributed by atoms with Crippen molar-refractivity contribution in [3.8, 4) is 5.75 Å². The number of rotatable bonds is 3. The number of amides is 1. The van der Waals surface area contributed by atoms with Gasteiger partial charge in [0.15, 0.2) is 5.11 Å². The largest absolute Gasteiger partial charge is 0.461 e. The van der Waals surface area contributed by atoms with Crippen LogP contribution < -0.4 is 10.1 Å². The Morgan fingerprint density at radius 3 is 2.72 bits per heavy atom. The third kappa shape index (κ3) is 4.88. The van der Waals surface area contributed by atoms with E-state index < -0.39 is 6.09 Å². The van der Waals surface area contributed by atoms with Crippen molar-refractivity contribution in [1.29, 1.82) is 0 Å². The van der Waals surface area contributed by atoms with Crippen molar-refractivity contribution in [2.24, 2.45) is 0 Å². The molecule has 0 atom stereocenters. The molecule has 0 spiro atoms. The topological polar surface area (TPSA) is 63.3 Å². The summed E-state index contributed by atoms with van der Waals surface area (Å²) in [4.78, 5) is 11.9. The number of ether oxygens (including phenoxy) is 3. The first-order valence-electron chi connectivity index (χ1n) is 7.17. The van der Waals surface area contributed by atoms with Crippen LogP contribution in [0.15, 0.2) is 24.5 Å². The van der Waals surface area contributed by atoms with Crippen LogP contribution in [-0.4, -0.2) is 48.2 Å². The van der Waals surface area contributed by atoms with Crippen LogP contribution in [0.2, 0.25) is 10.0 Å². The van der Waals surface area contributed by atoms with Crippen LogP contribution >= 0.6 is 35.4 Å². The van der Waals surface area contributed by atoms with E-state index in [-0.39, 0.29) is 11.8 Å². The number of anilines is 1. The van der Waals surface area contributed by atoms with E-state index in [1.807, 2.05) is 0 Å². The summed E-state index contributed by atoms with van der Waals surface area (Å²) in [5.41, 5.74) is 0.461. The predicted octanol–water partition coefficient (Wildman–Crippen LogP) is 3.88. The summed E-state index contributed by atoms with van der Waals surface area (Å²) in [7, 11) is 1.30. The van der Waals surface area contributed by atoms with Crippen LogP contribution in [0.5, 0.6) is 5.75 Å². The second-order valence-corrected chi connectivity index (χ2v) is 6.23. The molecule has 1 amide bonds. The van der Waals surface area contributed by atoms with Gasteiger partial charge >= 0.3 is 6.09 Å². The molecule has 1 saturated heterocycles. The molecular formula is C15H17Cl2N3O4S. The molecule has 1 aromatic carbocycles. The second kappa shape index (κ2) is 8.57. The molecule has 2 rings (SSSR count). The minimum Gasteiger partial charge on any atom is -0.461 e. The van der Waals surface area contributed by atoms with Crippen molar-refractivity contribution in [3.63, 3.8) is 0 Å². The van der Waals surface area contributed by atoms with Crippen molar-refractivity contribution >= 4 is 52.3 Å². The van der Waals surface area contributed by atoms with Gasteiger partial charge in [-0.2, -0.15) is 0 Å². The Morgan fingerprint density at radius 2 is 2.08 bits per heavy atom. The van der Waals surface area contributed by atoms with E-state index in [0.717, 1.165) is 0 Å². The van der Waals surface area contributed by atoms with Crippen LogP contribution in [0.3, 0.4) is 0 Å². The van der Waals surface area contributed by atoms with Crippen LogP contribution in [0.4, 0.5) is 10.5 Å². The molecule has 0 aliphatic carbocycles. The summed E-state index contributed by atoms with van der Waals surface area (Å²) >= 11 is 17.7. The van der Waals surface area contributed by atoms with Gasteiger partial charge in [0.2, 0.25) is 0 Å². The molecule has 1 aliphatic rings. The highest BCUT2D eigenvalue weighted by Crippen LogP contribution is 2.35. The summed E-state index contributed by atoms with van der Waals surface area (Å²) < 4.78 is 15.6. The Kier molecular flexibility index (Phi) is 6.71. The molecule has 25 heavy (non-hydrogen) atoms. The molecule has 1 heterocycles. The van der Waals surface area contributed by atoms with E-state index in [1.165, 1.54) is 23.2 Å². The highest BCUT2D eigenvalue weighted by Gasteiger charge is 2.28. The SMILES string of the molecule is C=C(C)Oc1cc(NC(=S)N2COCCN2C(=O)OC)c(Cl)cc1Cl. The number of methoxy groups -OCH3 is 1. The van der Waals surface area contributed by atoms with Gasteiger partial charge in [-0.25, -0.2) is 14.8 Å². The minimum atomic E-state index is -0.541. The van der Waals surface area contributed by atoms with Gasteiger partial charge in [0.1, 0.15) is 12.5 Å². The molecule has 136 valence electrons. The van der Waals surface area contributed by atoms with Crippen molar-refractivity contribution in [1.82, 2.24) is 10.0 Å². The lowest BCUT2D eigenvalue weighted by atomic mass is 10.3. The van der Waals surface area contributed by atoms with E-state index in [1.54, 1.807) is 13.0 Å². The summed E-state index contributed by atoms with van der Waals surface area (Å²) in [6, 6.07) is 3.12. The Labute approximate surface area is 161 Å². The highest BCUT2D eigenvalue weighted by atomic mass is 35.5. The zero-order chi connectivity index (χ0) is 18.6. The summed E-state index contributed by atoms with van der Waals surface area (Å²) in [5, 5.41) is 6.61. The number of hydrazine groups is 1. The smallest absolute Gasteiger partial charge is 0.428 e. The van der Waals surface area contributed by atoms with Gasteiger partial charge in [0.05, 0.1) is 41.8 Å². The van der Waals surface area contributed by atoms with Gasteiger partial charge in [0.25, 0.3) is 0 Å². The van der Waals surface area contributed by atoms with E-state index in [9.17, 15) is 4.79 Å². The number of carbonyl (C=O) groups is 1. The van der Waals surface area contributed by atoms with E-state index in [4.69, 9.17) is 49.6 Å². The fourth-order valence-electron chi connectivity index (χ4n) is 2.03. The summed E-state index contributed by atoms with van der Waals surface area (Å²) in [6.45, 7) is 6.16. The van der Waals surface area contributed by atoms with E-state index in [2.05, 4.69) is 11.9 Å². The highest BCUT2D eigenvalue weighted by molar-refractivity contribution is 7.80. The standard InChI is InChI=1S/C15H17Cl2N3O4S/c1-9(2)24-13-7-12(10(16)6-11(13)17)18-14(25)20-8-23-5-4-19(20)15(21)22-3/h6-7H,1,4-5,8H2,2-3H3,(H,18,25). The number of allylic oxidation sites excluding steroid dienone is 1. The third-order valence-electron chi connectivity index (χ3n) is 3.12. The lowest BCUT2D eigenvalue weighted by Crippen LogP contribution is -2.56. The number of carbonyl (C=O) groups excluding carboxylic acids is 1. The van der Waals surface area contributed by atoms with Crippen LogP contribution in [-0.2, 0) is 9.47 Å². The molecule has 1 aliphatic heterocycles. The zero-order valence-electron chi connectivity index (χ0n) is 13.7. The Hall–Kier alpha value is -1.74. The molecular weight excluding hydrogens is 389 g/mol. The first-order valence-corrected chi connectivity index (χ1v) is 8.34. The molecule has 7 nitrogen and oxygen atoms in total. The minimum absolute atomic E-state index is 0.0985. The molecule has 0 saturated carbocycles. The third-order valence-corrected chi connectivity index (χ3v) is 4.04. The molecule has 1 fully saturated rings. The lowest BCUT2D eigenvalue weighted by molar-refractivity contribution is -0.0963. The van der Waals surface area contributed by atoms with Gasteiger partial charge < -0.3 is 19.5 Å². The monoisotopic (exact) mass is 405 g/mol. The quantitative estimate of drug-likeness (QED) is 0.604. The lowest BCUT2D eigenvalue weighted by Gasteiger charge is -2.38. The number of thiocarbonyl (C=S) groups is 1. The maximum Gasteiger partial charge on any atom is 0.428 e. The predicted molar refractivity (Wildman–Crippen MR) is 99.9 cm³/mol. The average Bonchev–Trinajstić information content (AvgIpc) is 2.58. The maximum atomic E-state index is 11.9. The normalized spacial score (nSPS) is 14.1. The molecule has 10 heteroatoms. The fourth-order valence-corrected chi connectivity index (χ4v) is 2.76. The fraction of sp³-hybridized carbons (Fsp3) is 0.333. The van der Waals surface area contributed by atoms with Crippen molar-refractivity contribution in [2.45, 2.75) is 6.92 Å². The molecule has 1 aromatic rings. The Balaban J connectivity index is 2.21. The molecule has 0 unspecified atom stereocenters. The Bertz CT molecular complexity index is 702. The number of benzene rings is 1. The van der Waals surface area contributed by atoms with Gasteiger partial charge in [-0.1, -0.05) is 29.8 Å². The molecule has 0 radical (unpaired) electrons. The number of halogens is 2.